The Labute approximate surface area is 165 Å². The number of carbonyl (C=O) groups is 2. The molecule has 3 aromatic rings. The third-order valence-corrected chi connectivity index (χ3v) is 4.53. The highest BCUT2D eigenvalue weighted by Crippen LogP contribution is 2.31. The maximum atomic E-state index is 12.3. The minimum Gasteiger partial charge on any atom is -0.482 e. The van der Waals surface area contributed by atoms with Gasteiger partial charge in [-0.1, -0.05) is 23.7 Å². The van der Waals surface area contributed by atoms with Crippen molar-refractivity contribution in [1.29, 1.82) is 0 Å². The van der Waals surface area contributed by atoms with Gasteiger partial charge >= 0.3 is 0 Å². The van der Waals surface area contributed by atoms with Gasteiger partial charge in [0, 0.05) is 10.4 Å². The number of benzene rings is 2. The van der Waals surface area contributed by atoms with Gasteiger partial charge in [-0.25, -0.2) is 5.43 Å². The molecule has 8 heteroatoms. The Hall–Kier alpha value is -3.32. The van der Waals surface area contributed by atoms with Crippen molar-refractivity contribution < 1.29 is 18.7 Å². The summed E-state index contributed by atoms with van der Waals surface area (Å²) in [6, 6.07) is 14.2. The van der Waals surface area contributed by atoms with Gasteiger partial charge in [-0.2, -0.15) is 5.10 Å². The zero-order chi connectivity index (χ0) is 19.7. The number of amides is 2. The summed E-state index contributed by atoms with van der Waals surface area (Å²) in [5.74, 6) is 0.369. The average Bonchev–Trinajstić information content (AvgIpc) is 3.11. The number of para-hydroxylation sites is 2. The van der Waals surface area contributed by atoms with Crippen LogP contribution in [0.4, 0.5) is 5.69 Å². The predicted molar refractivity (Wildman–Crippen MR) is 106 cm³/mol. The van der Waals surface area contributed by atoms with Gasteiger partial charge in [0.05, 0.1) is 5.69 Å². The van der Waals surface area contributed by atoms with Crippen LogP contribution in [0.15, 0.2) is 58.0 Å². The fourth-order valence-electron chi connectivity index (χ4n) is 2.90. The number of fused-ring (bicyclic) bond motifs is 2. The molecular weight excluding hydrogens is 382 g/mol. The number of hydrogen-bond donors (Lipinski definition) is 1. The third-order valence-electron chi connectivity index (χ3n) is 4.29. The molecule has 0 saturated heterocycles. The maximum Gasteiger partial charge on any atom is 0.265 e. The largest absolute Gasteiger partial charge is 0.482 e. The number of hydrazone groups is 1. The SMILES string of the molecule is CC(=NNC(=O)CN1C(=O)COc2ccccc21)c1cc2cc(Cl)ccc2o1. The first-order valence-electron chi connectivity index (χ1n) is 8.56. The fourth-order valence-corrected chi connectivity index (χ4v) is 3.08. The van der Waals surface area contributed by atoms with E-state index in [4.69, 9.17) is 20.8 Å². The molecule has 2 aromatic carbocycles. The van der Waals surface area contributed by atoms with E-state index in [1.807, 2.05) is 0 Å². The van der Waals surface area contributed by atoms with Gasteiger partial charge in [0.1, 0.15) is 23.6 Å². The molecule has 7 nitrogen and oxygen atoms in total. The molecule has 0 atom stereocenters. The summed E-state index contributed by atoms with van der Waals surface area (Å²) in [7, 11) is 0. The molecule has 0 radical (unpaired) electrons. The number of anilines is 1. The van der Waals surface area contributed by atoms with Gasteiger partial charge < -0.3 is 9.15 Å². The first kappa shape index (κ1) is 18.1. The van der Waals surface area contributed by atoms with Gasteiger partial charge in [0.2, 0.25) is 0 Å². The number of hydrogen-bond acceptors (Lipinski definition) is 5. The zero-order valence-electron chi connectivity index (χ0n) is 14.9. The van der Waals surface area contributed by atoms with E-state index in [1.54, 1.807) is 55.5 Å². The van der Waals surface area contributed by atoms with Crippen LogP contribution in [-0.2, 0) is 9.59 Å². The highest BCUT2D eigenvalue weighted by Gasteiger charge is 2.26. The summed E-state index contributed by atoms with van der Waals surface area (Å²) in [6.45, 7) is 1.45. The molecule has 2 heterocycles. The molecule has 1 aliphatic rings. The lowest BCUT2D eigenvalue weighted by Crippen LogP contribution is -2.44. The van der Waals surface area contributed by atoms with Crippen molar-refractivity contribution in [3.05, 3.63) is 59.3 Å². The summed E-state index contributed by atoms with van der Waals surface area (Å²) in [5, 5.41) is 5.54. The predicted octanol–water partition coefficient (Wildman–Crippen LogP) is 3.35. The zero-order valence-corrected chi connectivity index (χ0v) is 15.7. The Bertz CT molecular complexity index is 1110. The van der Waals surface area contributed by atoms with Crippen LogP contribution in [-0.4, -0.2) is 30.7 Å². The summed E-state index contributed by atoms with van der Waals surface area (Å²) in [6.07, 6.45) is 0. The monoisotopic (exact) mass is 397 g/mol. The number of ether oxygens (including phenoxy) is 1. The average molecular weight is 398 g/mol. The number of rotatable bonds is 4. The summed E-state index contributed by atoms with van der Waals surface area (Å²) in [5.41, 5.74) is 4.19. The number of halogens is 1. The lowest BCUT2D eigenvalue weighted by Gasteiger charge is -2.28. The Kier molecular flexibility index (Phi) is 4.75. The molecule has 0 bridgehead atoms. The fraction of sp³-hybridized carbons (Fsp3) is 0.150. The van der Waals surface area contributed by atoms with Crippen LogP contribution in [0, 0.1) is 0 Å². The molecule has 0 unspecified atom stereocenters. The van der Waals surface area contributed by atoms with Crippen LogP contribution >= 0.6 is 11.6 Å². The molecule has 142 valence electrons. The highest BCUT2D eigenvalue weighted by molar-refractivity contribution is 6.31. The van der Waals surface area contributed by atoms with E-state index in [9.17, 15) is 9.59 Å². The molecule has 1 aromatic heterocycles. The van der Waals surface area contributed by atoms with Crippen molar-refractivity contribution in [3.8, 4) is 5.75 Å². The van der Waals surface area contributed by atoms with Crippen LogP contribution in [0.3, 0.4) is 0 Å². The molecule has 2 amide bonds. The quantitative estimate of drug-likeness (QED) is 0.540. The number of furan rings is 1. The van der Waals surface area contributed by atoms with E-state index in [0.29, 0.717) is 33.5 Å². The summed E-state index contributed by atoms with van der Waals surface area (Å²) in [4.78, 5) is 25.8. The number of nitrogens with zero attached hydrogens (tertiary/aromatic N) is 2. The first-order valence-corrected chi connectivity index (χ1v) is 8.94. The minimum absolute atomic E-state index is 0.103. The van der Waals surface area contributed by atoms with Crippen LogP contribution in [0.2, 0.25) is 5.02 Å². The lowest BCUT2D eigenvalue weighted by molar-refractivity contribution is -0.125. The number of nitrogens with one attached hydrogen (secondary N) is 1. The van der Waals surface area contributed by atoms with Crippen molar-refractivity contribution in [2.75, 3.05) is 18.1 Å². The Morgan fingerprint density at radius 3 is 2.93 bits per heavy atom. The van der Waals surface area contributed by atoms with Gasteiger partial charge in [0.25, 0.3) is 11.8 Å². The molecule has 4 rings (SSSR count). The molecule has 0 saturated carbocycles. The first-order chi connectivity index (χ1) is 13.5. The lowest BCUT2D eigenvalue weighted by atomic mass is 10.2. The van der Waals surface area contributed by atoms with Crippen molar-refractivity contribution in [2.24, 2.45) is 5.10 Å². The van der Waals surface area contributed by atoms with Gasteiger partial charge in [-0.3, -0.25) is 14.5 Å². The van der Waals surface area contributed by atoms with Crippen molar-refractivity contribution in [3.63, 3.8) is 0 Å². The maximum absolute atomic E-state index is 12.3. The molecule has 0 aliphatic carbocycles. The van der Waals surface area contributed by atoms with E-state index in [1.165, 1.54) is 4.90 Å². The second kappa shape index (κ2) is 7.36. The second-order valence-electron chi connectivity index (χ2n) is 6.26. The molecule has 1 N–H and O–H groups in total. The Morgan fingerprint density at radius 2 is 2.07 bits per heavy atom. The molecule has 0 fully saturated rings. The van der Waals surface area contributed by atoms with E-state index in [-0.39, 0.29) is 19.1 Å². The normalized spacial score (nSPS) is 14.0. The van der Waals surface area contributed by atoms with Crippen molar-refractivity contribution >= 4 is 45.8 Å². The van der Waals surface area contributed by atoms with Gasteiger partial charge in [-0.05, 0) is 43.3 Å². The van der Waals surface area contributed by atoms with Crippen molar-refractivity contribution in [1.82, 2.24) is 5.43 Å². The second-order valence-corrected chi connectivity index (χ2v) is 6.70. The molecular formula is C20H16ClN3O4. The van der Waals surface area contributed by atoms with E-state index >= 15 is 0 Å². The van der Waals surface area contributed by atoms with Gasteiger partial charge in [-0.15, -0.1) is 0 Å². The van der Waals surface area contributed by atoms with Crippen LogP contribution in [0.5, 0.6) is 5.75 Å². The molecule has 28 heavy (non-hydrogen) atoms. The van der Waals surface area contributed by atoms with Gasteiger partial charge in [0.15, 0.2) is 12.4 Å². The van der Waals surface area contributed by atoms with Crippen LogP contribution in [0.1, 0.15) is 12.7 Å². The van der Waals surface area contributed by atoms with E-state index in [0.717, 1.165) is 5.39 Å². The van der Waals surface area contributed by atoms with E-state index in [2.05, 4.69) is 10.5 Å². The number of carbonyl (C=O) groups excluding carboxylic acids is 2. The topological polar surface area (TPSA) is 84.1 Å². The van der Waals surface area contributed by atoms with Crippen molar-refractivity contribution in [2.45, 2.75) is 6.92 Å². The smallest absolute Gasteiger partial charge is 0.265 e. The van der Waals surface area contributed by atoms with Crippen LogP contribution < -0.4 is 15.1 Å². The molecule has 0 spiro atoms. The molecule has 1 aliphatic heterocycles. The minimum atomic E-state index is -0.427. The van der Waals surface area contributed by atoms with Crippen LogP contribution in [0.25, 0.3) is 11.0 Å². The summed E-state index contributed by atoms with van der Waals surface area (Å²) < 4.78 is 11.1. The summed E-state index contributed by atoms with van der Waals surface area (Å²) >= 11 is 5.98. The standard InChI is InChI=1S/C20H16ClN3O4/c1-12(18-9-13-8-14(21)6-7-16(13)28-18)22-23-19(25)10-24-15-4-2-3-5-17(15)27-11-20(24)26/h2-9H,10-11H2,1H3,(H,23,25). The Balaban J connectivity index is 1.47. The third kappa shape index (κ3) is 3.57. The highest BCUT2D eigenvalue weighted by atomic mass is 35.5. The Morgan fingerprint density at radius 1 is 1.25 bits per heavy atom. The van der Waals surface area contributed by atoms with E-state index < -0.39 is 5.91 Å².